The van der Waals surface area contributed by atoms with Crippen molar-refractivity contribution < 1.29 is 19.8 Å². The van der Waals surface area contributed by atoms with Crippen LogP contribution in [-0.4, -0.2) is 50.6 Å². The topological polar surface area (TPSA) is 81.1 Å². The van der Waals surface area contributed by atoms with E-state index in [1.54, 1.807) is 33.9 Å². The van der Waals surface area contributed by atoms with Gasteiger partial charge in [0.15, 0.2) is 0 Å². The molecule has 35 heavy (non-hydrogen) atoms. The number of carboxylic acid groups (broad SMARTS) is 1. The van der Waals surface area contributed by atoms with Crippen LogP contribution in [0.4, 0.5) is 4.79 Å². The van der Waals surface area contributed by atoms with Crippen molar-refractivity contribution in [3.05, 3.63) is 91.3 Å². The van der Waals surface area contributed by atoms with Crippen molar-refractivity contribution in [2.45, 2.75) is 25.4 Å². The van der Waals surface area contributed by atoms with Crippen LogP contribution in [-0.2, 0) is 12.8 Å². The van der Waals surface area contributed by atoms with Gasteiger partial charge in [-0.1, -0.05) is 24.0 Å². The molecule has 0 fully saturated rings. The number of rotatable bonds is 9. The molecule has 3 aromatic rings. The van der Waals surface area contributed by atoms with Crippen molar-refractivity contribution in [3.8, 4) is 11.8 Å². The Labute approximate surface area is 216 Å². The number of aliphatic hydroxyl groups is 1. The second-order valence-corrected chi connectivity index (χ2v) is 10.7. The minimum absolute atomic E-state index is 0.0890. The maximum absolute atomic E-state index is 12.5. The lowest BCUT2D eigenvalue weighted by atomic mass is 10.0. The number of thiophene rings is 2. The van der Waals surface area contributed by atoms with Crippen LogP contribution < -0.4 is 0 Å². The van der Waals surface area contributed by atoms with Crippen molar-refractivity contribution >= 4 is 45.6 Å². The lowest BCUT2D eigenvalue weighted by Gasteiger charge is -2.36. The number of hydrogen-bond acceptors (Lipinski definition) is 7. The van der Waals surface area contributed by atoms with Gasteiger partial charge in [-0.15, -0.1) is 11.3 Å². The van der Waals surface area contributed by atoms with E-state index in [0.717, 1.165) is 33.3 Å². The molecule has 1 amide bonds. The van der Waals surface area contributed by atoms with Crippen molar-refractivity contribution in [1.82, 2.24) is 10.0 Å². The van der Waals surface area contributed by atoms with Crippen LogP contribution in [0, 0.1) is 11.8 Å². The van der Waals surface area contributed by atoms with Crippen LogP contribution in [0.5, 0.6) is 0 Å². The Balaban J connectivity index is 1.31. The number of hydrogen-bond donors (Lipinski definition) is 2. The normalized spacial score (nSPS) is 14.0. The van der Waals surface area contributed by atoms with Crippen molar-refractivity contribution in [2.75, 3.05) is 13.1 Å². The number of thioether (sulfide) groups is 1. The molecule has 6 nitrogen and oxygen atoms in total. The maximum Gasteiger partial charge on any atom is 0.345 e. The average molecular weight is 525 g/mol. The zero-order valence-corrected chi connectivity index (χ0v) is 21.2. The van der Waals surface area contributed by atoms with Gasteiger partial charge in [0.2, 0.25) is 0 Å². The molecule has 0 unspecified atom stereocenters. The van der Waals surface area contributed by atoms with Crippen LogP contribution in [0.25, 0.3) is 0 Å². The smallest absolute Gasteiger partial charge is 0.345 e. The van der Waals surface area contributed by atoms with Gasteiger partial charge in [-0.25, -0.2) is 9.80 Å². The zero-order valence-electron chi connectivity index (χ0n) is 18.8. The summed E-state index contributed by atoms with van der Waals surface area (Å²) in [5.41, 5.74) is 2.92. The Kier molecular flexibility index (Phi) is 8.66. The van der Waals surface area contributed by atoms with Crippen molar-refractivity contribution in [1.29, 1.82) is 0 Å². The minimum atomic E-state index is -0.940. The number of nitrogens with zero attached hydrogens (tertiary/aromatic N) is 2. The molecule has 2 N–H and O–H groups in total. The number of benzene rings is 1. The van der Waals surface area contributed by atoms with E-state index in [4.69, 9.17) is 5.11 Å². The van der Waals surface area contributed by atoms with Gasteiger partial charge in [-0.05, 0) is 71.3 Å². The molecule has 9 heteroatoms. The lowest BCUT2D eigenvalue weighted by molar-refractivity contribution is 0.0548. The van der Waals surface area contributed by atoms with E-state index >= 15 is 0 Å². The molecular weight excluding hydrogens is 500 g/mol. The Morgan fingerprint density at radius 2 is 1.94 bits per heavy atom. The molecular formula is C26H24N2O4S3. The van der Waals surface area contributed by atoms with Gasteiger partial charge in [0.05, 0.1) is 6.10 Å². The van der Waals surface area contributed by atoms with Crippen molar-refractivity contribution in [2.24, 2.45) is 0 Å². The monoisotopic (exact) mass is 524 g/mol. The number of carbonyl (C=O) groups excluding carboxylic acids is 1. The molecule has 4 rings (SSSR count). The first-order valence-corrected chi connectivity index (χ1v) is 13.7. The maximum atomic E-state index is 12.5. The van der Waals surface area contributed by atoms with Crippen LogP contribution in [0.3, 0.4) is 0 Å². The number of aliphatic hydroxyl groups excluding tert-OH is 1. The van der Waals surface area contributed by atoms with E-state index < -0.39 is 12.1 Å². The predicted molar refractivity (Wildman–Crippen MR) is 142 cm³/mol. The third-order valence-electron chi connectivity index (χ3n) is 5.33. The first-order valence-electron chi connectivity index (χ1n) is 11.0. The highest BCUT2D eigenvalue weighted by Gasteiger charge is 2.23. The van der Waals surface area contributed by atoms with E-state index in [-0.39, 0.29) is 5.24 Å². The van der Waals surface area contributed by atoms with Crippen LogP contribution in [0.2, 0.25) is 0 Å². The summed E-state index contributed by atoms with van der Waals surface area (Å²) < 4.78 is 0. The molecule has 1 atom stereocenters. The molecule has 1 aromatic carbocycles. The number of aromatic carboxylic acids is 1. The van der Waals surface area contributed by atoms with Gasteiger partial charge in [0.25, 0.3) is 0 Å². The number of amides is 1. The first kappa shape index (κ1) is 25.1. The predicted octanol–water partition coefficient (Wildman–Crippen LogP) is 5.30. The van der Waals surface area contributed by atoms with Crippen LogP contribution in [0.15, 0.2) is 64.8 Å². The van der Waals surface area contributed by atoms with Gasteiger partial charge >= 0.3 is 11.2 Å². The highest BCUT2D eigenvalue weighted by Crippen LogP contribution is 2.23. The fourth-order valence-corrected chi connectivity index (χ4v) is 5.63. The molecule has 180 valence electrons. The quantitative estimate of drug-likeness (QED) is 0.370. The second-order valence-electron chi connectivity index (χ2n) is 7.89. The third-order valence-corrected chi connectivity index (χ3v) is 7.81. The van der Waals surface area contributed by atoms with E-state index in [2.05, 4.69) is 11.8 Å². The molecule has 0 saturated heterocycles. The highest BCUT2D eigenvalue weighted by molar-refractivity contribution is 8.16. The largest absolute Gasteiger partial charge is 0.477 e. The summed E-state index contributed by atoms with van der Waals surface area (Å²) in [5, 5.41) is 28.9. The zero-order chi connectivity index (χ0) is 24.6. The van der Waals surface area contributed by atoms with Gasteiger partial charge in [0.1, 0.15) is 4.88 Å². The molecule has 0 saturated carbocycles. The van der Waals surface area contributed by atoms with Gasteiger partial charge in [0, 0.05) is 47.1 Å². The Bertz CT molecular complexity index is 1260. The molecule has 3 heterocycles. The second kappa shape index (κ2) is 12.1. The molecule has 1 aliphatic rings. The average Bonchev–Trinajstić information content (AvgIpc) is 3.53. The molecule has 0 radical (unpaired) electrons. The van der Waals surface area contributed by atoms with Gasteiger partial charge in [-0.2, -0.15) is 11.3 Å². The number of hydrazine groups is 1. The van der Waals surface area contributed by atoms with E-state index in [1.807, 2.05) is 52.3 Å². The Morgan fingerprint density at radius 1 is 1.09 bits per heavy atom. The summed E-state index contributed by atoms with van der Waals surface area (Å²) in [6.07, 6.45) is 2.84. The summed E-state index contributed by atoms with van der Waals surface area (Å²) in [4.78, 5) is 24.8. The first-order chi connectivity index (χ1) is 17.0. The number of carbonyl (C=O) groups is 2. The highest BCUT2D eigenvalue weighted by atomic mass is 32.2. The van der Waals surface area contributed by atoms with Crippen molar-refractivity contribution in [3.63, 3.8) is 0 Å². The summed E-state index contributed by atoms with van der Waals surface area (Å²) in [6, 6.07) is 13.3. The Morgan fingerprint density at radius 3 is 2.71 bits per heavy atom. The summed E-state index contributed by atoms with van der Waals surface area (Å²) in [7, 11) is 0. The van der Waals surface area contributed by atoms with E-state index in [0.29, 0.717) is 37.2 Å². The summed E-state index contributed by atoms with van der Waals surface area (Å²) in [6.45, 7) is 0.934. The third kappa shape index (κ3) is 7.23. The fourth-order valence-electron chi connectivity index (χ4n) is 3.57. The van der Waals surface area contributed by atoms with E-state index in [1.165, 1.54) is 11.3 Å². The summed E-state index contributed by atoms with van der Waals surface area (Å²) in [5.74, 6) is 5.37. The fraction of sp³-hybridized carbons (Fsp3) is 0.231. The van der Waals surface area contributed by atoms with Crippen LogP contribution in [0.1, 0.15) is 37.7 Å². The molecule has 1 aliphatic heterocycles. The van der Waals surface area contributed by atoms with Gasteiger partial charge < -0.3 is 10.2 Å². The minimum Gasteiger partial charge on any atom is -0.477 e. The molecule has 0 aliphatic carbocycles. The van der Waals surface area contributed by atoms with Crippen LogP contribution >= 0.6 is 34.4 Å². The van der Waals surface area contributed by atoms with E-state index in [9.17, 15) is 14.7 Å². The Hall–Kier alpha value is -3.03. The molecule has 0 spiro atoms. The van der Waals surface area contributed by atoms with Gasteiger partial charge in [-0.3, -0.25) is 9.80 Å². The SMILES string of the molecule is O=C(O)c1ccc(CCN2C(=O)SC=CN2CC[C@@H](O)Cc2cccc(C#Cc3ccsc3)c2)s1. The standard InChI is InChI=1S/C26H24N2O4S3/c29-22(17-21-3-1-2-19(16-21)4-5-20-10-14-33-18-20)8-11-27-13-15-34-26(32)28(27)12-9-23-6-7-24(35-23)25(30)31/h1-3,6-7,10,13-16,18,22,29H,8-9,11-12,17H2,(H,30,31)/t22-/m1/s1. The number of carboxylic acids is 1. The lowest BCUT2D eigenvalue weighted by Crippen LogP contribution is -2.45. The molecule has 0 bridgehead atoms. The molecule has 2 aromatic heterocycles. The summed E-state index contributed by atoms with van der Waals surface area (Å²) >= 11 is 3.96.